The summed E-state index contributed by atoms with van der Waals surface area (Å²) in [5.41, 5.74) is 9.27. The molecule has 2 aliphatic heterocycles. The predicted molar refractivity (Wildman–Crippen MR) is 124 cm³/mol. The summed E-state index contributed by atoms with van der Waals surface area (Å²) in [5, 5.41) is 7.80. The van der Waals surface area contributed by atoms with E-state index in [0.717, 1.165) is 76.2 Å². The zero-order valence-electron chi connectivity index (χ0n) is 18.5. The number of aromatic nitrogens is 2. The van der Waals surface area contributed by atoms with Crippen LogP contribution < -0.4 is 10.6 Å². The summed E-state index contributed by atoms with van der Waals surface area (Å²) in [6.45, 7) is 4.52. The van der Waals surface area contributed by atoms with E-state index < -0.39 is 0 Å². The van der Waals surface area contributed by atoms with Crippen LogP contribution in [-0.2, 0) is 11.3 Å². The number of nitrogens with zero attached hydrogens (tertiary/aromatic N) is 5. The van der Waals surface area contributed by atoms with E-state index in [1.54, 1.807) is 6.20 Å². The van der Waals surface area contributed by atoms with Gasteiger partial charge in [-0.25, -0.2) is 0 Å². The van der Waals surface area contributed by atoms with Gasteiger partial charge in [0, 0.05) is 44.8 Å². The predicted octanol–water partition coefficient (Wildman–Crippen LogP) is 2.79. The molecule has 1 aromatic carbocycles. The van der Waals surface area contributed by atoms with Crippen molar-refractivity contribution in [2.75, 3.05) is 43.9 Å². The standard InChI is InChI=1S/C24H34N6O/c1-28(23-7-3-2-6-22(23)25)21-5-4-13-30(16-11-21)24(31)20-9-14-29(15-10-20)18-19-8-12-26-27-17-19/h2-3,6-8,12,17,20-21H,4-5,9-11,13-16,18,25H2,1H3. The van der Waals surface area contributed by atoms with Gasteiger partial charge in [0.05, 0.1) is 17.6 Å². The number of hydrogen-bond acceptors (Lipinski definition) is 6. The topological polar surface area (TPSA) is 78.6 Å². The molecule has 0 aliphatic carbocycles. The minimum absolute atomic E-state index is 0.158. The molecule has 4 rings (SSSR count). The zero-order chi connectivity index (χ0) is 21.6. The Balaban J connectivity index is 1.28. The second kappa shape index (κ2) is 10.1. The third-order valence-electron chi connectivity index (χ3n) is 6.86. The number of benzene rings is 1. The van der Waals surface area contributed by atoms with E-state index in [9.17, 15) is 4.79 Å². The number of amides is 1. The van der Waals surface area contributed by atoms with Gasteiger partial charge in [0.25, 0.3) is 0 Å². The largest absolute Gasteiger partial charge is 0.397 e. The number of para-hydroxylation sites is 2. The molecule has 1 amide bonds. The van der Waals surface area contributed by atoms with E-state index in [2.05, 4.69) is 38.0 Å². The summed E-state index contributed by atoms with van der Waals surface area (Å²) < 4.78 is 0. The maximum absolute atomic E-state index is 13.2. The Morgan fingerprint density at radius 1 is 1.06 bits per heavy atom. The maximum Gasteiger partial charge on any atom is 0.225 e. The number of rotatable bonds is 5. The van der Waals surface area contributed by atoms with Crippen LogP contribution in [0.4, 0.5) is 11.4 Å². The van der Waals surface area contributed by atoms with Crippen LogP contribution in [0.1, 0.15) is 37.7 Å². The van der Waals surface area contributed by atoms with Crippen LogP contribution in [0.5, 0.6) is 0 Å². The fraction of sp³-hybridized carbons (Fsp3) is 0.542. The molecule has 1 unspecified atom stereocenters. The summed E-state index contributed by atoms with van der Waals surface area (Å²) in [6, 6.07) is 10.5. The van der Waals surface area contributed by atoms with Gasteiger partial charge in [-0.2, -0.15) is 10.2 Å². The van der Waals surface area contributed by atoms with Crippen molar-refractivity contribution in [2.45, 2.75) is 44.7 Å². The van der Waals surface area contributed by atoms with Gasteiger partial charge >= 0.3 is 0 Å². The molecule has 0 spiro atoms. The Morgan fingerprint density at radius 3 is 2.61 bits per heavy atom. The molecule has 2 aromatic rings. The molecule has 2 saturated heterocycles. The number of hydrogen-bond donors (Lipinski definition) is 1. The summed E-state index contributed by atoms with van der Waals surface area (Å²) in [4.78, 5) is 20.1. The fourth-order valence-corrected chi connectivity index (χ4v) is 4.96. The van der Waals surface area contributed by atoms with E-state index in [4.69, 9.17) is 5.73 Å². The van der Waals surface area contributed by atoms with Crippen molar-refractivity contribution in [3.63, 3.8) is 0 Å². The first-order valence-electron chi connectivity index (χ1n) is 11.5. The average molecular weight is 423 g/mol. The SMILES string of the molecule is CN(c1ccccc1N)C1CCCN(C(=O)C2CCN(Cc3ccnnc3)CC2)CC1. The number of anilines is 2. The van der Waals surface area contributed by atoms with Gasteiger partial charge in [-0.3, -0.25) is 9.69 Å². The summed E-state index contributed by atoms with van der Waals surface area (Å²) >= 11 is 0. The van der Waals surface area contributed by atoms with Crippen LogP contribution in [0.3, 0.4) is 0 Å². The Morgan fingerprint density at radius 2 is 1.87 bits per heavy atom. The van der Waals surface area contributed by atoms with Gasteiger partial charge in [-0.05, 0) is 69.0 Å². The van der Waals surface area contributed by atoms with Crippen molar-refractivity contribution in [1.82, 2.24) is 20.0 Å². The lowest BCUT2D eigenvalue weighted by atomic mass is 9.95. The zero-order valence-corrected chi connectivity index (χ0v) is 18.5. The molecule has 1 atom stereocenters. The van der Waals surface area contributed by atoms with Crippen LogP contribution in [-0.4, -0.2) is 65.2 Å². The number of nitrogen functional groups attached to an aromatic ring is 1. The van der Waals surface area contributed by atoms with Crippen LogP contribution in [0.2, 0.25) is 0 Å². The molecule has 3 heterocycles. The van der Waals surface area contributed by atoms with Crippen molar-refractivity contribution < 1.29 is 4.79 Å². The second-order valence-electron chi connectivity index (χ2n) is 8.88. The molecular weight excluding hydrogens is 388 g/mol. The molecule has 31 heavy (non-hydrogen) atoms. The van der Waals surface area contributed by atoms with Crippen LogP contribution in [0.15, 0.2) is 42.7 Å². The highest BCUT2D eigenvalue weighted by Crippen LogP contribution is 2.28. The van der Waals surface area contributed by atoms with Crippen LogP contribution >= 0.6 is 0 Å². The molecule has 2 aliphatic rings. The first-order chi connectivity index (χ1) is 15.1. The number of piperidine rings is 1. The van der Waals surface area contributed by atoms with Crippen molar-refractivity contribution in [3.05, 3.63) is 48.3 Å². The Labute approximate surface area is 185 Å². The van der Waals surface area contributed by atoms with Gasteiger partial charge in [0.1, 0.15) is 0 Å². The molecule has 2 N–H and O–H groups in total. The lowest BCUT2D eigenvalue weighted by molar-refractivity contribution is -0.137. The Bertz CT molecular complexity index is 852. The summed E-state index contributed by atoms with van der Waals surface area (Å²) in [5.74, 6) is 0.513. The van der Waals surface area contributed by atoms with Gasteiger partial charge in [0.2, 0.25) is 5.91 Å². The van der Waals surface area contributed by atoms with Gasteiger partial charge in [-0.1, -0.05) is 12.1 Å². The normalized spacial score (nSPS) is 20.9. The summed E-state index contributed by atoms with van der Waals surface area (Å²) in [6.07, 6.45) is 8.57. The molecule has 1 aromatic heterocycles. The molecular formula is C24H34N6O. The van der Waals surface area contributed by atoms with Crippen molar-refractivity contribution in [3.8, 4) is 0 Å². The molecule has 7 heteroatoms. The van der Waals surface area contributed by atoms with Gasteiger partial charge in [0.15, 0.2) is 0 Å². The second-order valence-corrected chi connectivity index (χ2v) is 8.88. The quantitative estimate of drug-likeness (QED) is 0.747. The molecule has 7 nitrogen and oxygen atoms in total. The highest BCUT2D eigenvalue weighted by Gasteiger charge is 2.30. The number of carbonyl (C=O) groups excluding carboxylic acids is 1. The highest BCUT2D eigenvalue weighted by molar-refractivity contribution is 5.79. The molecule has 0 radical (unpaired) electrons. The van der Waals surface area contributed by atoms with E-state index in [1.165, 1.54) is 5.56 Å². The van der Waals surface area contributed by atoms with E-state index >= 15 is 0 Å². The number of nitrogens with two attached hydrogens (primary N) is 1. The fourth-order valence-electron chi connectivity index (χ4n) is 4.96. The lowest BCUT2D eigenvalue weighted by Crippen LogP contribution is -2.43. The minimum Gasteiger partial charge on any atom is -0.397 e. The lowest BCUT2D eigenvalue weighted by Gasteiger charge is -2.34. The van der Waals surface area contributed by atoms with Crippen molar-refractivity contribution in [2.24, 2.45) is 5.92 Å². The van der Waals surface area contributed by atoms with E-state index in [1.807, 2.05) is 30.5 Å². The third-order valence-corrected chi connectivity index (χ3v) is 6.86. The average Bonchev–Trinajstić information content (AvgIpc) is 3.06. The highest BCUT2D eigenvalue weighted by atomic mass is 16.2. The van der Waals surface area contributed by atoms with Crippen molar-refractivity contribution in [1.29, 1.82) is 0 Å². The van der Waals surface area contributed by atoms with Gasteiger partial charge in [-0.15, -0.1) is 0 Å². The number of carbonyl (C=O) groups is 1. The smallest absolute Gasteiger partial charge is 0.225 e. The summed E-state index contributed by atoms with van der Waals surface area (Å²) in [7, 11) is 2.13. The van der Waals surface area contributed by atoms with E-state index in [0.29, 0.717) is 11.9 Å². The molecule has 0 saturated carbocycles. The Kier molecular flexibility index (Phi) is 7.02. The third kappa shape index (κ3) is 5.34. The first-order valence-corrected chi connectivity index (χ1v) is 11.5. The van der Waals surface area contributed by atoms with Gasteiger partial charge < -0.3 is 15.5 Å². The first kappa shape index (κ1) is 21.6. The molecule has 2 fully saturated rings. The molecule has 0 bridgehead atoms. The number of likely N-dealkylation sites (tertiary alicyclic amines) is 2. The monoisotopic (exact) mass is 422 g/mol. The van der Waals surface area contributed by atoms with Crippen LogP contribution in [0, 0.1) is 5.92 Å². The van der Waals surface area contributed by atoms with E-state index in [-0.39, 0.29) is 5.92 Å². The molecule has 166 valence electrons. The maximum atomic E-state index is 13.2. The minimum atomic E-state index is 0.158. The van der Waals surface area contributed by atoms with Crippen LogP contribution in [0.25, 0.3) is 0 Å². The van der Waals surface area contributed by atoms with Crippen molar-refractivity contribution >= 4 is 17.3 Å². The Hall–Kier alpha value is -2.67.